The maximum atomic E-state index is 12.9. The lowest BCUT2D eigenvalue weighted by Gasteiger charge is -2.18. The molecule has 3 heterocycles. The maximum absolute atomic E-state index is 12.9. The number of rotatable bonds is 5. The van der Waals surface area contributed by atoms with Gasteiger partial charge in [-0.1, -0.05) is 18.2 Å². The number of hydrogen-bond donors (Lipinski definition) is 1. The molecule has 1 aliphatic heterocycles. The van der Waals surface area contributed by atoms with Crippen LogP contribution in [0.4, 0.5) is 0 Å². The molecule has 1 aromatic carbocycles. The van der Waals surface area contributed by atoms with Crippen LogP contribution in [-0.4, -0.2) is 50.0 Å². The minimum absolute atomic E-state index is 0.0155. The molecule has 1 fully saturated rings. The Morgan fingerprint density at radius 1 is 1.29 bits per heavy atom. The monoisotopic (exact) mass is 381 g/mol. The van der Waals surface area contributed by atoms with Crippen molar-refractivity contribution in [2.24, 2.45) is 0 Å². The third-order valence-electron chi connectivity index (χ3n) is 5.10. The van der Waals surface area contributed by atoms with Gasteiger partial charge in [-0.15, -0.1) is 5.10 Å². The fourth-order valence-corrected chi connectivity index (χ4v) is 3.78. The Morgan fingerprint density at radius 2 is 2.07 bits per heavy atom. The summed E-state index contributed by atoms with van der Waals surface area (Å²) in [6, 6.07) is 9.41. The van der Waals surface area contributed by atoms with Gasteiger partial charge in [0.15, 0.2) is 5.65 Å². The zero-order valence-electron chi connectivity index (χ0n) is 16.0. The summed E-state index contributed by atoms with van der Waals surface area (Å²) in [6.45, 7) is 4.70. The van der Waals surface area contributed by atoms with Crippen molar-refractivity contribution in [2.75, 3.05) is 13.1 Å². The molecule has 0 radical (unpaired) electrons. The van der Waals surface area contributed by atoms with Crippen LogP contribution in [0.3, 0.4) is 0 Å². The summed E-state index contributed by atoms with van der Waals surface area (Å²) in [5.41, 5.74) is 2.11. The van der Waals surface area contributed by atoms with Gasteiger partial charge < -0.3 is 10.2 Å². The van der Waals surface area contributed by atoms with Crippen molar-refractivity contribution in [2.45, 2.75) is 39.3 Å². The number of aromatic nitrogens is 3. The molecule has 8 nitrogen and oxygen atoms in total. The molecular weight excluding hydrogens is 358 g/mol. The van der Waals surface area contributed by atoms with Crippen molar-refractivity contribution in [1.29, 1.82) is 0 Å². The van der Waals surface area contributed by atoms with Crippen molar-refractivity contribution >= 4 is 28.4 Å². The Bertz CT molecular complexity index is 1130. The predicted octanol–water partition coefficient (Wildman–Crippen LogP) is 1.08. The standard InChI is InChI=1S/C20H23N5O3/c1-13-10-15-6-3-4-7-16(15)25-19(13)22-24(20(25)28)11-14(2)21-17(26)12-23-9-5-8-18(23)27/h3-4,6-7,10,14H,5,8-9,11-12H2,1-2H3,(H,21,26)/t14-/m0/s1. The third kappa shape index (κ3) is 3.26. The van der Waals surface area contributed by atoms with E-state index in [4.69, 9.17) is 0 Å². The van der Waals surface area contributed by atoms with Crippen molar-refractivity contribution in [3.05, 3.63) is 46.4 Å². The summed E-state index contributed by atoms with van der Waals surface area (Å²) < 4.78 is 3.00. The van der Waals surface area contributed by atoms with Crippen LogP contribution in [0.5, 0.6) is 0 Å². The SMILES string of the molecule is Cc1cc2ccccc2n2c(=O)n(C[C@H](C)NC(=O)CN3CCCC3=O)nc12. The van der Waals surface area contributed by atoms with Gasteiger partial charge >= 0.3 is 5.69 Å². The topological polar surface area (TPSA) is 88.7 Å². The molecular formula is C20H23N5O3. The van der Waals surface area contributed by atoms with E-state index in [1.54, 1.807) is 9.30 Å². The average molecular weight is 381 g/mol. The van der Waals surface area contributed by atoms with Gasteiger partial charge in [0.25, 0.3) is 0 Å². The van der Waals surface area contributed by atoms with Crippen LogP contribution in [-0.2, 0) is 16.1 Å². The molecule has 28 heavy (non-hydrogen) atoms. The van der Waals surface area contributed by atoms with E-state index >= 15 is 0 Å². The first-order chi connectivity index (χ1) is 13.4. The van der Waals surface area contributed by atoms with Crippen molar-refractivity contribution < 1.29 is 9.59 Å². The first kappa shape index (κ1) is 18.2. The van der Waals surface area contributed by atoms with Gasteiger partial charge in [0.2, 0.25) is 11.8 Å². The normalized spacial score (nSPS) is 15.5. The van der Waals surface area contributed by atoms with Crippen molar-refractivity contribution in [1.82, 2.24) is 24.4 Å². The number of aryl methyl sites for hydroxylation is 1. The number of pyridine rings is 1. The molecule has 1 N–H and O–H groups in total. The summed E-state index contributed by atoms with van der Waals surface area (Å²) in [5, 5.41) is 8.31. The number of nitrogens with zero attached hydrogens (tertiary/aromatic N) is 4. The lowest BCUT2D eigenvalue weighted by molar-refractivity contribution is -0.133. The van der Waals surface area contributed by atoms with Crippen LogP contribution < -0.4 is 11.0 Å². The zero-order valence-corrected chi connectivity index (χ0v) is 16.0. The Balaban J connectivity index is 1.54. The highest BCUT2D eigenvalue weighted by molar-refractivity contribution is 5.86. The molecule has 146 valence electrons. The number of amides is 2. The Kier molecular flexibility index (Phi) is 4.62. The predicted molar refractivity (Wildman–Crippen MR) is 105 cm³/mol. The van der Waals surface area contributed by atoms with E-state index in [-0.39, 0.29) is 36.6 Å². The smallest absolute Gasteiger partial charge is 0.350 e. The number of carbonyl (C=O) groups excluding carboxylic acids is 2. The van der Waals surface area contributed by atoms with E-state index in [1.807, 2.05) is 44.2 Å². The van der Waals surface area contributed by atoms with Gasteiger partial charge in [-0.2, -0.15) is 0 Å². The van der Waals surface area contributed by atoms with Crippen LogP contribution in [0.1, 0.15) is 25.3 Å². The highest BCUT2D eigenvalue weighted by atomic mass is 16.2. The van der Waals surface area contributed by atoms with E-state index in [2.05, 4.69) is 10.4 Å². The lowest BCUT2D eigenvalue weighted by Crippen LogP contribution is -2.44. The fourth-order valence-electron chi connectivity index (χ4n) is 3.78. The molecule has 8 heteroatoms. The molecule has 3 aromatic rings. The van der Waals surface area contributed by atoms with E-state index in [0.717, 1.165) is 22.9 Å². The second-order valence-corrected chi connectivity index (χ2v) is 7.40. The summed E-state index contributed by atoms with van der Waals surface area (Å²) in [5.74, 6) is -0.206. The number of para-hydroxylation sites is 1. The number of hydrogen-bond acceptors (Lipinski definition) is 4. The van der Waals surface area contributed by atoms with Crippen LogP contribution in [0.15, 0.2) is 35.1 Å². The van der Waals surface area contributed by atoms with Gasteiger partial charge in [0.05, 0.1) is 18.6 Å². The van der Waals surface area contributed by atoms with E-state index in [1.165, 1.54) is 4.68 Å². The third-order valence-corrected chi connectivity index (χ3v) is 5.10. The van der Waals surface area contributed by atoms with E-state index < -0.39 is 0 Å². The Morgan fingerprint density at radius 3 is 2.82 bits per heavy atom. The van der Waals surface area contributed by atoms with Crippen LogP contribution in [0.25, 0.3) is 16.6 Å². The van der Waals surface area contributed by atoms with Gasteiger partial charge in [0, 0.05) is 19.0 Å². The quantitative estimate of drug-likeness (QED) is 0.716. The Hall–Kier alpha value is -3.16. The second kappa shape index (κ2) is 7.10. The van der Waals surface area contributed by atoms with E-state index in [9.17, 15) is 14.4 Å². The molecule has 2 aromatic heterocycles. The molecule has 0 bridgehead atoms. The van der Waals surface area contributed by atoms with Gasteiger partial charge in [-0.25, -0.2) is 13.9 Å². The molecule has 0 spiro atoms. The first-order valence-corrected chi connectivity index (χ1v) is 9.49. The molecule has 2 amide bonds. The van der Waals surface area contributed by atoms with E-state index in [0.29, 0.717) is 18.6 Å². The second-order valence-electron chi connectivity index (χ2n) is 7.40. The molecule has 1 saturated heterocycles. The summed E-state index contributed by atoms with van der Waals surface area (Å²) in [7, 11) is 0. The largest absolute Gasteiger partial charge is 0.350 e. The minimum atomic E-state index is -0.292. The number of likely N-dealkylation sites (tertiary alicyclic amines) is 1. The molecule has 1 atom stereocenters. The van der Waals surface area contributed by atoms with Gasteiger partial charge in [-0.3, -0.25) is 9.59 Å². The van der Waals surface area contributed by atoms with Gasteiger partial charge in [-0.05, 0) is 43.4 Å². The highest BCUT2D eigenvalue weighted by Gasteiger charge is 2.23. The molecule has 0 saturated carbocycles. The average Bonchev–Trinajstić information content (AvgIpc) is 3.19. The van der Waals surface area contributed by atoms with Gasteiger partial charge in [0.1, 0.15) is 0 Å². The Labute approximate surface area is 161 Å². The van der Waals surface area contributed by atoms with Crippen molar-refractivity contribution in [3.8, 4) is 0 Å². The van der Waals surface area contributed by atoms with Crippen molar-refractivity contribution in [3.63, 3.8) is 0 Å². The van der Waals surface area contributed by atoms with Crippen LogP contribution in [0.2, 0.25) is 0 Å². The summed E-state index contributed by atoms with van der Waals surface area (Å²) >= 11 is 0. The zero-order chi connectivity index (χ0) is 19.8. The summed E-state index contributed by atoms with van der Waals surface area (Å²) in [4.78, 5) is 38.4. The lowest BCUT2D eigenvalue weighted by atomic mass is 10.1. The molecule has 0 aliphatic carbocycles. The number of carbonyl (C=O) groups is 2. The highest BCUT2D eigenvalue weighted by Crippen LogP contribution is 2.18. The fraction of sp³-hybridized carbons (Fsp3) is 0.400. The molecule has 4 rings (SSSR count). The maximum Gasteiger partial charge on any atom is 0.350 e. The number of fused-ring (bicyclic) bond motifs is 3. The molecule has 0 unspecified atom stereocenters. The summed E-state index contributed by atoms with van der Waals surface area (Å²) in [6.07, 6.45) is 1.30. The minimum Gasteiger partial charge on any atom is -0.350 e. The number of benzene rings is 1. The van der Waals surface area contributed by atoms with Crippen LogP contribution in [0, 0.1) is 6.92 Å². The molecule has 1 aliphatic rings. The number of nitrogens with one attached hydrogen (secondary N) is 1. The van der Waals surface area contributed by atoms with Crippen LogP contribution >= 0.6 is 0 Å². The first-order valence-electron chi connectivity index (χ1n) is 9.49.